The van der Waals surface area contributed by atoms with Gasteiger partial charge in [0.1, 0.15) is 0 Å². The van der Waals surface area contributed by atoms with Crippen LogP contribution in [0.4, 0.5) is 0 Å². The van der Waals surface area contributed by atoms with Gasteiger partial charge in [-0.1, -0.05) is 30.3 Å². The molecule has 0 saturated carbocycles. The molecule has 0 radical (unpaired) electrons. The van der Waals surface area contributed by atoms with Crippen molar-refractivity contribution in [1.29, 1.82) is 0 Å². The van der Waals surface area contributed by atoms with Crippen LogP contribution in [-0.2, 0) is 19.6 Å². The lowest BCUT2D eigenvalue weighted by molar-refractivity contribution is -0.147. The summed E-state index contributed by atoms with van der Waals surface area (Å²) in [6.07, 6.45) is -0.449. The summed E-state index contributed by atoms with van der Waals surface area (Å²) in [5.74, 6) is -0.978. The van der Waals surface area contributed by atoms with Gasteiger partial charge in [-0.15, -0.1) is 0 Å². The molecule has 6 heteroatoms. The Bertz CT molecular complexity index is 478. The fraction of sp³-hybridized carbons (Fsp3) is 0.364. The second-order valence-electron chi connectivity index (χ2n) is 3.79. The number of carbonyl (C=O) groups excluding carboxylic acids is 1. The van der Waals surface area contributed by atoms with Crippen LogP contribution >= 0.6 is 0 Å². The van der Waals surface area contributed by atoms with Crippen molar-refractivity contribution in [3.05, 3.63) is 35.9 Å². The topological polar surface area (TPSA) is 80.7 Å². The Morgan fingerprint density at radius 1 is 1.24 bits per heavy atom. The zero-order chi connectivity index (χ0) is 13.1. The van der Waals surface area contributed by atoms with Crippen LogP contribution in [0.1, 0.15) is 24.7 Å². The van der Waals surface area contributed by atoms with Gasteiger partial charge in [0.05, 0.1) is 6.10 Å². The first kappa shape index (κ1) is 13.7. The quantitative estimate of drug-likeness (QED) is 0.655. The molecule has 0 aliphatic rings. The Hall–Kier alpha value is -1.40. The Kier molecular flexibility index (Phi) is 4.25. The highest BCUT2D eigenvalue weighted by Gasteiger charge is 2.34. The Balaban J connectivity index is 3.11. The maximum atomic E-state index is 11.6. The van der Waals surface area contributed by atoms with E-state index < -0.39 is 27.4 Å². The van der Waals surface area contributed by atoms with Crippen LogP contribution in [0.2, 0.25) is 0 Å². The minimum Gasteiger partial charge on any atom is -0.462 e. The molecule has 1 rings (SSSR count). The third-order valence-electron chi connectivity index (χ3n) is 1.97. The van der Waals surface area contributed by atoms with Gasteiger partial charge in [-0.25, -0.2) is 0 Å². The molecule has 1 unspecified atom stereocenters. The second-order valence-corrected chi connectivity index (χ2v) is 5.29. The Labute approximate surface area is 100 Å². The summed E-state index contributed by atoms with van der Waals surface area (Å²) in [4.78, 5) is 11.6. The van der Waals surface area contributed by atoms with E-state index >= 15 is 0 Å². The van der Waals surface area contributed by atoms with Crippen LogP contribution in [0, 0.1) is 0 Å². The second kappa shape index (κ2) is 5.29. The van der Waals surface area contributed by atoms with Crippen molar-refractivity contribution in [2.45, 2.75) is 25.2 Å². The third kappa shape index (κ3) is 3.83. The SMILES string of the molecule is CC(C)OC(=O)C(c1ccccc1)S(=O)(=O)O. The number of ether oxygens (including phenoxy) is 1. The highest BCUT2D eigenvalue weighted by molar-refractivity contribution is 7.86. The molecule has 0 fully saturated rings. The van der Waals surface area contributed by atoms with Crippen molar-refractivity contribution < 1.29 is 22.5 Å². The number of carbonyl (C=O) groups is 1. The molecule has 0 amide bonds. The van der Waals surface area contributed by atoms with Crippen molar-refractivity contribution in [3.8, 4) is 0 Å². The van der Waals surface area contributed by atoms with E-state index in [1.807, 2.05) is 0 Å². The summed E-state index contributed by atoms with van der Waals surface area (Å²) >= 11 is 0. The minimum atomic E-state index is -4.54. The fourth-order valence-electron chi connectivity index (χ4n) is 1.35. The first-order chi connectivity index (χ1) is 7.82. The van der Waals surface area contributed by atoms with E-state index in [4.69, 9.17) is 9.29 Å². The van der Waals surface area contributed by atoms with E-state index in [-0.39, 0.29) is 5.56 Å². The maximum absolute atomic E-state index is 11.6. The number of benzene rings is 1. The van der Waals surface area contributed by atoms with E-state index in [9.17, 15) is 13.2 Å². The number of hydrogen-bond acceptors (Lipinski definition) is 4. The number of esters is 1. The van der Waals surface area contributed by atoms with E-state index in [1.54, 1.807) is 32.0 Å². The Morgan fingerprint density at radius 3 is 2.18 bits per heavy atom. The van der Waals surface area contributed by atoms with Crippen molar-refractivity contribution in [1.82, 2.24) is 0 Å². The predicted octanol–water partition coefficient (Wildman–Crippen LogP) is 1.57. The van der Waals surface area contributed by atoms with Gasteiger partial charge in [0.15, 0.2) is 0 Å². The summed E-state index contributed by atoms with van der Waals surface area (Å²) in [6.45, 7) is 3.20. The van der Waals surface area contributed by atoms with Gasteiger partial charge in [0.25, 0.3) is 10.1 Å². The van der Waals surface area contributed by atoms with E-state index in [2.05, 4.69) is 0 Å². The molecule has 1 atom stereocenters. The average molecular weight is 258 g/mol. The van der Waals surface area contributed by atoms with Gasteiger partial charge in [0, 0.05) is 0 Å². The first-order valence-electron chi connectivity index (χ1n) is 5.04. The maximum Gasteiger partial charge on any atom is 0.331 e. The molecule has 17 heavy (non-hydrogen) atoms. The molecule has 1 aromatic rings. The third-order valence-corrected chi connectivity index (χ3v) is 3.03. The molecule has 0 saturated heterocycles. The van der Waals surface area contributed by atoms with Gasteiger partial charge < -0.3 is 4.74 Å². The molecule has 5 nitrogen and oxygen atoms in total. The molecule has 0 bridgehead atoms. The lowest BCUT2D eigenvalue weighted by Crippen LogP contribution is -2.26. The van der Waals surface area contributed by atoms with Gasteiger partial charge >= 0.3 is 5.97 Å². The van der Waals surface area contributed by atoms with Crippen molar-refractivity contribution >= 4 is 16.1 Å². The summed E-state index contributed by atoms with van der Waals surface area (Å²) < 4.78 is 36.3. The van der Waals surface area contributed by atoms with Crippen LogP contribution in [-0.4, -0.2) is 25.0 Å². The lowest BCUT2D eigenvalue weighted by atomic mass is 10.1. The molecule has 1 N–H and O–H groups in total. The summed E-state index contributed by atoms with van der Waals surface area (Å²) in [6, 6.07) is 7.73. The monoisotopic (exact) mass is 258 g/mol. The largest absolute Gasteiger partial charge is 0.462 e. The van der Waals surface area contributed by atoms with E-state index in [0.29, 0.717) is 0 Å². The smallest absolute Gasteiger partial charge is 0.331 e. The Morgan fingerprint density at radius 2 is 1.76 bits per heavy atom. The van der Waals surface area contributed by atoms with Gasteiger partial charge in [-0.2, -0.15) is 8.42 Å². The predicted molar refractivity (Wildman–Crippen MR) is 62.0 cm³/mol. The summed E-state index contributed by atoms with van der Waals surface area (Å²) in [7, 11) is -4.54. The average Bonchev–Trinajstić information content (AvgIpc) is 2.15. The highest BCUT2D eigenvalue weighted by atomic mass is 32.2. The molecular formula is C11H14O5S. The molecule has 0 heterocycles. The highest BCUT2D eigenvalue weighted by Crippen LogP contribution is 2.23. The molecule has 1 aromatic carbocycles. The molecule has 0 aromatic heterocycles. The fourth-order valence-corrected chi connectivity index (χ4v) is 2.15. The normalized spacial score (nSPS) is 13.4. The van der Waals surface area contributed by atoms with Crippen LogP contribution in [0.5, 0.6) is 0 Å². The van der Waals surface area contributed by atoms with Crippen LogP contribution < -0.4 is 0 Å². The van der Waals surface area contributed by atoms with Crippen LogP contribution in [0.25, 0.3) is 0 Å². The molecular weight excluding hydrogens is 244 g/mol. The zero-order valence-electron chi connectivity index (χ0n) is 9.53. The summed E-state index contributed by atoms with van der Waals surface area (Å²) in [5, 5.41) is -1.69. The molecule has 0 spiro atoms. The van der Waals surface area contributed by atoms with E-state index in [0.717, 1.165) is 0 Å². The van der Waals surface area contributed by atoms with Crippen LogP contribution in [0.3, 0.4) is 0 Å². The lowest BCUT2D eigenvalue weighted by Gasteiger charge is -2.15. The first-order valence-corrected chi connectivity index (χ1v) is 6.54. The van der Waals surface area contributed by atoms with Crippen molar-refractivity contribution in [2.75, 3.05) is 0 Å². The zero-order valence-corrected chi connectivity index (χ0v) is 10.3. The standard InChI is InChI=1S/C11H14O5S/c1-8(2)16-11(12)10(17(13,14)15)9-6-4-3-5-7-9/h3-8,10H,1-2H3,(H,13,14,15). The molecule has 0 aliphatic heterocycles. The number of rotatable bonds is 4. The van der Waals surface area contributed by atoms with E-state index in [1.165, 1.54) is 12.1 Å². The van der Waals surface area contributed by atoms with Gasteiger partial charge in [-0.3, -0.25) is 9.35 Å². The van der Waals surface area contributed by atoms with Crippen molar-refractivity contribution in [3.63, 3.8) is 0 Å². The number of hydrogen-bond donors (Lipinski definition) is 1. The molecule has 0 aliphatic carbocycles. The molecule has 94 valence electrons. The summed E-state index contributed by atoms with van der Waals surface area (Å²) in [5.41, 5.74) is 0.181. The van der Waals surface area contributed by atoms with Crippen LogP contribution in [0.15, 0.2) is 30.3 Å². The van der Waals surface area contributed by atoms with Crippen molar-refractivity contribution in [2.24, 2.45) is 0 Å². The minimum absolute atomic E-state index is 0.181. The van der Waals surface area contributed by atoms with Gasteiger partial charge in [-0.05, 0) is 19.4 Å². The van der Waals surface area contributed by atoms with Gasteiger partial charge in [0.2, 0.25) is 5.25 Å².